The molecule has 0 aliphatic heterocycles. The van der Waals surface area contributed by atoms with Crippen LogP contribution in [0.3, 0.4) is 0 Å². The molecule has 0 atom stereocenters. The van der Waals surface area contributed by atoms with Crippen LogP contribution in [-0.4, -0.2) is 11.6 Å². The molecule has 0 amide bonds. The molecule has 2 aromatic rings. The van der Waals surface area contributed by atoms with Crippen molar-refractivity contribution in [3.8, 4) is 5.75 Å². The number of hydrogen-bond donors (Lipinski definition) is 1. The summed E-state index contributed by atoms with van der Waals surface area (Å²) in [5.41, 5.74) is 2.39. The van der Waals surface area contributed by atoms with Crippen molar-refractivity contribution >= 4 is 10.9 Å². The Morgan fingerprint density at radius 3 is 2.93 bits per heavy atom. The zero-order chi connectivity index (χ0) is 9.97. The number of aromatic nitrogens is 1. The third-order valence-electron chi connectivity index (χ3n) is 2.42. The fourth-order valence-electron chi connectivity index (χ4n) is 1.63. The fraction of sp³-hybridized carbons (Fsp3) is 0.333. The minimum absolute atomic E-state index is 0.788. The van der Waals surface area contributed by atoms with Crippen LogP contribution in [0.1, 0.15) is 18.9 Å². The van der Waals surface area contributed by atoms with Crippen molar-refractivity contribution in [2.75, 3.05) is 6.61 Å². The van der Waals surface area contributed by atoms with Crippen molar-refractivity contribution in [3.63, 3.8) is 0 Å². The molecule has 1 aromatic carbocycles. The molecule has 0 aliphatic carbocycles. The summed E-state index contributed by atoms with van der Waals surface area (Å²) in [5.74, 6) is 0.999. The third kappa shape index (κ3) is 1.48. The Morgan fingerprint density at radius 2 is 2.14 bits per heavy atom. The summed E-state index contributed by atoms with van der Waals surface area (Å²) in [7, 11) is 0. The van der Waals surface area contributed by atoms with Gasteiger partial charge in [0.2, 0.25) is 0 Å². The van der Waals surface area contributed by atoms with Crippen LogP contribution >= 0.6 is 0 Å². The van der Waals surface area contributed by atoms with Crippen LogP contribution in [0.2, 0.25) is 0 Å². The minimum Gasteiger partial charge on any atom is -0.493 e. The minimum atomic E-state index is 0.788. The number of ether oxygens (including phenoxy) is 1. The molecule has 0 radical (unpaired) electrons. The van der Waals surface area contributed by atoms with Gasteiger partial charge in [-0.15, -0.1) is 0 Å². The van der Waals surface area contributed by atoms with Crippen molar-refractivity contribution in [3.05, 3.63) is 30.0 Å². The Balaban J connectivity index is 2.40. The summed E-state index contributed by atoms with van der Waals surface area (Å²) in [4.78, 5) is 3.19. The van der Waals surface area contributed by atoms with Gasteiger partial charge in [-0.3, -0.25) is 0 Å². The van der Waals surface area contributed by atoms with Crippen molar-refractivity contribution in [1.82, 2.24) is 4.98 Å². The number of nitrogens with one attached hydrogen (secondary N) is 1. The molecule has 0 saturated heterocycles. The van der Waals surface area contributed by atoms with Crippen LogP contribution < -0.4 is 4.74 Å². The van der Waals surface area contributed by atoms with Gasteiger partial charge in [-0.1, -0.05) is 6.92 Å². The standard InChI is InChI=1S/C12H15NO/c1-3-8-14-12-5-4-11-10(9(12)2)6-7-13-11/h4-7,13H,3,8H2,1-2H3. The first-order valence-corrected chi connectivity index (χ1v) is 5.02. The van der Waals surface area contributed by atoms with E-state index in [-0.39, 0.29) is 0 Å². The van der Waals surface area contributed by atoms with E-state index in [1.54, 1.807) is 0 Å². The monoisotopic (exact) mass is 189 g/mol. The van der Waals surface area contributed by atoms with Crippen molar-refractivity contribution in [2.45, 2.75) is 20.3 Å². The van der Waals surface area contributed by atoms with Gasteiger partial charge in [0.25, 0.3) is 0 Å². The second-order valence-corrected chi connectivity index (χ2v) is 3.48. The fourth-order valence-corrected chi connectivity index (χ4v) is 1.63. The van der Waals surface area contributed by atoms with Gasteiger partial charge in [0.15, 0.2) is 0 Å². The molecule has 0 fully saturated rings. The average Bonchev–Trinajstić information content (AvgIpc) is 2.66. The molecule has 1 N–H and O–H groups in total. The highest BCUT2D eigenvalue weighted by Crippen LogP contribution is 2.26. The lowest BCUT2D eigenvalue weighted by atomic mass is 10.1. The lowest BCUT2D eigenvalue weighted by Gasteiger charge is -2.08. The highest BCUT2D eigenvalue weighted by molar-refractivity contribution is 5.84. The molecule has 1 aromatic heterocycles. The molecule has 2 heteroatoms. The summed E-state index contributed by atoms with van der Waals surface area (Å²) < 4.78 is 5.65. The van der Waals surface area contributed by atoms with Crippen molar-refractivity contribution < 1.29 is 4.74 Å². The summed E-state index contributed by atoms with van der Waals surface area (Å²) in [5, 5.41) is 1.25. The SMILES string of the molecule is CCCOc1ccc2[nH]ccc2c1C. The van der Waals surface area contributed by atoms with Gasteiger partial charge in [-0.2, -0.15) is 0 Å². The summed E-state index contributed by atoms with van der Waals surface area (Å²) in [6, 6.07) is 6.18. The Bertz CT molecular complexity index is 431. The van der Waals surface area contributed by atoms with E-state index in [1.165, 1.54) is 16.5 Å². The number of hydrogen-bond acceptors (Lipinski definition) is 1. The molecule has 74 valence electrons. The first-order valence-electron chi connectivity index (χ1n) is 5.02. The molecule has 1 heterocycles. The number of fused-ring (bicyclic) bond motifs is 1. The molecule has 14 heavy (non-hydrogen) atoms. The van der Waals surface area contributed by atoms with E-state index >= 15 is 0 Å². The van der Waals surface area contributed by atoms with E-state index in [2.05, 4.69) is 31.0 Å². The molecular formula is C12H15NO. The van der Waals surface area contributed by atoms with Gasteiger partial charge in [-0.25, -0.2) is 0 Å². The number of H-pyrrole nitrogens is 1. The second-order valence-electron chi connectivity index (χ2n) is 3.48. The summed E-state index contributed by atoms with van der Waals surface area (Å²) in [6.07, 6.45) is 3.01. The van der Waals surface area contributed by atoms with E-state index < -0.39 is 0 Å². The predicted octanol–water partition coefficient (Wildman–Crippen LogP) is 3.27. The molecule has 0 aliphatic rings. The van der Waals surface area contributed by atoms with Gasteiger partial charge in [-0.05, 0) is 31.5 Å². The highest BCUT2D eigenvalue weighted by atomic mass is 16.5. The van der Waals surface area contributed by atoms with Crippen molar-refractivity contribution in [1.29, 1.82) is 0 Å². The van der Waals surface area contributed by atoms with Crippen LogP contribution in [-0.2, 0) is 0 Å². The van der Waals surface area contributed by atoms with Crippen LogP contribution in [0.4, 0.5) is 0 Å². The van der Waals surface area contributed by atoms with E-state index in [0.29, 0.717) is 0 Å². The van der Waals surface area contributed by atoms with Gasteiger partial charge in [0, 0.05) is 22.7 Å². The Morgan fingerprint density at radius 1 is 1.29 bits per heavy atom. The largest absolute Gasteiger partial charge is 0.493 e. The number of benzene rings is 1. The third-order valence-corrected chi connectivity index (χ3v) is 2.42. The maximum atomic E-state index is 5.65. The van der Waals surface area contributed by atoms with Gasteiger partial charge >= 0.3 is 0 Å². The Labute approximate surface area is 83.9 Å². The topological polar surface area (TPSA) is 25.0 Å². The lowest BCUT2D eigenvalue weighted by molar-refractivity contribution is 0.316. The molecule has 0 spiro atoms. The van der Waals surface area contributed by atoms with E-state index in [4.69, 9.17) is 4.74 Å². The van der Waals surface area contributed by atoms with Gasteiger partial charge in [0.05, 0.1) is 6.61 Å². The summed E-state index contributed by atoms with van der Waals surface area (Å²) in [6.45, 7) is 5.00. The molecule has 2 rings (SSSR count). The zero-order valence-electron chi connectivity index (χ0n) is 8.63. The summed E-state index contributed by atoms with van der Waals surface area (Å²) >= 11 is 0. The van der Waals surface area contributed by atoms with Crippen LogP contribution in [0.5, 0.6) is 5.75 Å². The van der Waals surface area contributed by atoms with Crippen LogP contribution in [0.25, 0.3) is 10.9 Å². The second kappa shape index (κ2) is 3.74. The number of rotatable bonds is 3. The predicted molar refractivity (Wildman–Crippen MR) is 58.8 cm³/mol. The lowest BCUT2D eigenvalue weighted by Crippen LogP contribution is -1.96. The van der Waals surface area contributed by atoms with E-state index in [0.717, 1.165) is 18.8 Å². The van der Waals surface area contributed by atoms with E-state index in [9.17, 15) is 0 Å². The zero-order valence-corrected chi connectivity index (χ0v) is 8.63. The molecule has 2 nitrogen and oxygen atoms in total. The maximum Gasteiger partial charge on any atom is 0.122 e. The van der Waals surface area contributed by atoms with Gasteiger partial charge < -0.3 is 9.72 Å². The van der Waals surface area contributed by atoms with E-state index in [1.807, 2.05) is 12.3 Å². The molecular weight excluding hydrogens is 174 g/mol. The van der Waals surface area contributed by atoms with Crippen LogP contribution in [0.15, 0.2) is 24.4 Å². The first-order chi connectivity index (χ1) is 6.83. The number of aryl methyl sites for hydroxylation is 1. The normalized spacial score (nSPS) is 10.7. The maximum absolute atomic E-state index is 5.65. The van der Waals surface area contributed by atoms with Crippen LogP contribution in [0, 0.1) is 6.92 Å². The van der Waals surface area contributed by atoms with Gasteiger partial charge in [0.1, 0.15) is 5.75 Å². The molecule has 0 unspecified atom stereocenters. The highest BCUT2D eigenvalue weighted by Gasteiger charge is 2.04. The number of aromatic amines is 1. The first kappa shape index (κ1) is 9.13. The molecule has 0 saturated carbocycles. The Kier molecular flexibility index (Phi) is 2.44. The quantitative estimate of drug-likeness (QED) is 0.787. The van der Waals surface area contributed by atoms with Crippen molar-refractivity contribution in [2.24, 2.45) is 0 Å². The molecule has 0 bridgehead atoms. The average molecular weight is 189 g/mol. The Hall–Kier alpha value is -1.44. The smallest absolute Gasteiger partial charge is 0.122 e.